The van der Waals surface area contributed by atoms with Crippen molar-refractivity contribution < 1.29 is 4.79 Å². The van der Waals surface area contributed by atoms with E-state index in [1.54, 1.807) is 24.3 Å². The maximum absolute atomic E-state index is 10.9. The van der Waals surface area contributed by atoms with Gasteiger partial charge in [0.1, 0.15) is 5.16 Å². The van der Waals surface area contributed by atoms with Crippen LogP contribution in [0.2, 0.25) is 0 Å². The molecule has 0 aliphatic heterocycles. The fraction of sp³-hybridized carbons (Fsp3) is 0. The summed E-state index contributed by atoms with van der Waals surface area (Å²) in [5.41, 5.74) is 0.600. The largest absolute Gasteiger partial charge is 0.326 e. The van der Waals surface area contributed by atoms with Gasteiger partial charge in [-0.15, -0.1) is 0 Å². The van der Waals surface area contributed by atoms with Crippen LogP contribution < -0.4 is 4.90 Å². The van der Waals surface area contributed by atoms with Gasteiger partial charge >= 0.3 is 5.37 Å². The van der Waals surface area contributed by atoms with E-state index in [0.29, 0.717) is 5.69 Å². The van der Waals surface area contributed by atoms with Crippen LogP contribution in [-0.4, -0.2) is 5.37 Å². The molecule has 0 spiro atoms. The Morgan fingerprint density at radius 1 is 1.23 bits per heavy atom. The molecule has 0 fully saturated rings. The van der Waals surface area contributed by atoms with Crippen LogP contribution >= 0.6 is 23.2 Å². The van der Waals surface area contributed by atoms with Crippen LogP contribution in [0.3, 0.4) is 0 Å². The Bertz CT molecular complexity index is 310. The number of carbonyl (C=O) groups excluding carboxylic acids is 1. The molecule has 0 unspecified atom stereocenters. The van der Waals surface area contributed by atoms with E-state index < -0.39 is 5.37 Å². The topological polar surface area (TPSA) is 20.3 Å². The van der Waals surface area contributed by atoms with Gasteiger partial charge in [0.15, 0.2) is 0 Å². The van der Waals surface area contributed by atoms with Crippen LogP contribution in [0.15, 0.2) is 42.1 Å². The van der Waals surface area contributed by atoms with Gasteiger partial charge in [-0.25, -0.2) is 0 Å². The summed E-state index contributed by atoms with van der Waals surface area (Å²) in [6.45, 7) is 3.44. The lowest BCUT2D eigenvalue weighted by atomic mass is 10.3. The minimum Gasteiger partial charge on any atom is -0.258 e. The Labute approximate surface area is 86.4 Å². The summed E-state index contributed by atoms with van der Waals surface area (Å²) < 4.78 is 0. The van der Waals surface area contributed by atoms with E-state index in [1.807, 2.05) is 6.07 Å². The van der Waals surface area contributed by atoms with E-state index in [1.165, 1.54) is 0 Å². The average Bonchev–Trinajstić information content (AvgIpc) is 2.04. The molecule has 2 nitrogen and oxygen atoms in total. The number of anilines is 1. The predicted molar refractivity (Wildman–Crippen MR) is 55.2 cm³/mol. The Morgan fingerprint density at radius 2 is 1.77 bits per heavy atom. The van der Waals surface area contributed by atoms with Crippen LogP contribution in [0.5, 0.6) is 0 Å². The van der Waals surface area contributed by atoms with Gasteiger partial charge in [0, 0.05) is 0 Å². The van der Waals surface area contributed by atoms with Crippen molar-refractivity contribution in [1.29, 1.82) is 0 Å². The maximum Gasteiger partial charge on any atom is 0.326 e. The lowest BCUT2D eigenvalue weighted by Gasteiger charge is -2.17. The van der Waals surface area contributed by atoms with Gasteiger partial charge in [0.05, 0.1) is 5.69 Å². The number of carbonyl (C=O) groups is 1. The minimum absolute atomic E-state index is 0.0752. The molecule has 0 aromatic heterocycles. The van der Waals surface area contributed by atoms with Crippen LogP contribution in [0.4, 0.5) is 10.5 Å². The van der Waals surface area contributed by atoms with Gasteiger partial charge in [-0.3, -0.25) is 9.69 Å². The first-order valence-corrected chi connectivity index (χ1v) is 4.27. The number of amides is 1. The third-order valence-electron chi connectivity index (χ3n) is 1.43. The second-order valence-corrected chi connectivity index (χ2v) is 3.06. The molecule has 13 heavy (non-hydrogen) atoms. The van der Waals surface area contributed by atoms with Gasteiger partial charge < -0.3 is 0 Å². The number of nitrogens with zero attached hydrogens (tertiary/aromatic N) is 1. The molecular weight excluding hydrogens is 209 g/mol. The van der Waals surface area contributed by atoms with Crippen molar-refractivity contribution in [1.82, 2.24) is 0 Å². The molecule has 0 atom stereocenters. The molecule has 0 aliphatic carbocycles. The molecule has 0 heterocycles. The third kappa shape index (κ3) is 2.47. The van der Waals surface area contributed by atoms with Crippen molar-refractivity contribution in [3.8, 4) is 0 Å². The Morgan fingerprint density at radius 3 is 2.15 bits per heavy atom. The van der Waals surface area contributed by atoms with E-state index in [0.717, 1.165) is 4.90 Å². The molecule has 0 bridgehead atoms. The summed E-state index contributed by atoms with van der Waals surface area (Å²) in [6.07, 6.45) is 0. The number of rotatable bonds is 2. The molecule has 1 rings (SSSR count). The van der Waals surface area contributed by atoms with Gasteiger partial charge in [-0.1, -0.05) is 36.4 Å². The Kier molecular flexibility index (Phi) is 3.34. The maximum atomic E-state index is 10.9. The number of hydrogen-bond acceptors (Lipinski definition) is 1. The molecule has 0 N–H and O–H groups in total. The zero-order valence-electron chi connectivity index (χ0n) is 6.71. The van der Waals surface area contributed by atoms with Crippen molar-refractivity contribution >= 4 is 34.3 Å². The highest BCUT2D eigenvalue weighted by atomic mass is 35.5. The normalized spacial score (nSPS) is 9.38. The molecule has 1 aromatic carbocycles. The molecule has 4 heteroatoms. The van der Waals surface area contributed by atoms with E-state index in [4.69, 9.17) is 23.2 Å². The SMILES string of the molecule is C=C(Cl)N(C(=O)Cl)c1ccccc1. The van der Waals surface area contributed by atoms with Crippen molar-refractivity contribution in [2.24, 2.45) is 0 Å². The van der Waals surface area contributed by atoms with Crippen molar-refractivity contribution in [3.63, 3.8) is 0 Å². The first kappa shape index (κ1) is 10.1. The predicted octanol–water partition coefficient (Wildman–Crippen LogP) is 3.56. The summed E-state index contributed by atoms with van der Waals surface area (Å²) in [4.78, 5) is 12.0. The van der Waals surface area contributed by atoms with Crippen molar-refractivity contribution in [2.75, 3.05) is 4.90 Å². The van der Waals surface area contributed by atoms with Gasteiger partial charge in [0.2, 0.25) is 0 Å². The van der Waals surface area contributed by atoms with Crippen molar-refractivity contribution in [2.45, 2.75) is 0 Å². The third-order valence-corrected chi connectivity index (χ3v) is 1.77. The van der Waals surface area contributed by atoms with Gasteiger partial charge in [-0.05, 0) is 23.7 Å². The monoisotopic (exact) mass is 215 g/mol. The standard InChI is InChI=1S/C9H7Cl2NO/c1-7(10)12(9(11)13)8-5-3-2-4-6-8/h2-6H,1H2. The summed E-state index contributed by atoms with van der Waals surface area (Å²) in [6, 6.07) is 8.82. The fourth-order valence-electron chi connectivity index (χ4n) is 0.914. The Hall–Kier alpha value is -0.990. The molecule has 68 valence electrons. The highest BCUT2D eigenvalue weighted by molar-refractivity contribution is 6.67. The molecule has 1 aromatic rings. The highest BCUT2D eigenvalue weighted by Crippen LogP contribution is 2.21. The highest BCUT2D eigenvalue weighted by Gasteiger charge is 2.14. The molecular formula is C9H7Cl2NO. The summed E-state index contributed by atoms with van der Waals surface area (Å²) >= 11 is 10.9. The fourth-order valence-corrected chi connectivity index (χ4v) is 1.33. The Balaban J connectivity index is 3.03. The van der Waals surface area contributed by atoms with Gasteiger partial charge in [-0.2, -0.15) is 0 Å². The lowest BCUT2D eigenvalue weighted by molar-refractivity contribution is 0.265. The second-order valence-electron chi connectivity index (χ2n) is 2.30. The molecule has 0 aliphatic rings. The molecule has 1 amide bonds. The quantitative estimate of drug-likeness (QED) is 0.546. The lowest BCUT2D eigenvalue weighted by Crippen LogP contribution is -2.21. The molecule has 0 radical (unpaired) electrons. The van der Waals surface area contributed by atoms with Crippen LogP contribution in [-0.2, 0) is 0 Å². The zero-order valence-corrected chi connectivity index (χ0v) is 8.22. The first-order chi connectivity index (χ1) is 6.13. The number of hydrogen-bond donors (Lipinski definition) is 0. The van der Waals surface area contributed by atoms with Crippen LogP contribution in [0, 0.1) is 0 Å². The number of benzene rings is 1. The smallest absolute Gasteiger partial charge is 0.258 e. The van der Waals surface area contributed by atoms with Crippen molar-refractivity contribution in [3.05, 3.63) is 42.1 Å². The van der Waals surface area contributed by atoms with E-state index in [-0.39, 0.29) is 5.16 Å². The van der Waals surface area contributed by atoms with E-state index in [9.17, 15) is 4.79 Å². The summed E-state index contributed by atoms with van der Waals surface area (Å²) in [5.74, 6) is 0. The summed E-state index contributed by atoms with van der Waals surface area (Å²) in [7, 11) is 0. The molecule has 0 saturated carbocycles. The minimum atomic E-state index is -0.675. The number of para-hydroxylation sites is 1. The van der Waals surface area contributed by atoms with E-state index in [2.05, 4.69) is 6.58 Å². The summed E-state index contributed by atoms with van der Waals surface area (Å²) in [5, 5.41) is -0.600. The molecule has 0 saturated heterocycles. The zero-order chi connectivity index (χ0) is 9.84. The van der Waals surface area contributed by atoms with Crippen LogP contribution in [0.1, 0.15) is 0 Å². The van der Waals surface area contributed by atoms with Crippen LogP contribution in [0.25, 0.3) is 0 Å². The average molecular weight is 216 g/mol. The first-order valence-electron chi connectivity index (χ1n) is 3.52. The second kappa shape index (κ2) is 4.30. The van der Waals surface area contributed by atoms with Gasteiger partial charge in [0.25, 0.3) is 0 Å². The van der Waals surface area contributed by atoms with E-state index >= 15 is 0 Å². The number of halogens is 2.